The van der Waals surface area contributed by atoms with Crippen molar-refractivity contribution >= 4 is 0 Å². The highest BCUT2D eigenvalue weighted by Gasteiger charge is 2.47. The third-order valence-electron chi connectivity index (χ3n) is 5.96. The molecule has 1 N–H and O–H groups in total. The van der Waals surface area contributed by atoms with Crippen LogP contribution in [0.4, 0.5) is 0 Å². The van der Waals surface area contributed by atoms with E-state index < -0.39 is 12.4 Å². The molecule has 0 aromatic heterocycles. The Balaban J connectivity index is 2.83. The topological polar surface area (TPSA) is 66.4 Å². The van der Waals surface area contributed by atoms with Crippen LogP contribution in [0.15, 0.2) is 0 Å². The lowest BCUT2D eigenvalue weighted by atomic mass is 9.98. The van der Waals surface area contributed by atoms with Crippen molar-refractivity contribution in [2.75, 3.05) is 33.0 Å². The van der Waals surface area contributed by atoms with Crippen molar-refractivity contribution in [3.05, 3.63) is 0 Å². The van der Waals surface area contributed by atoms with E-state index in [1.807, 2.05) is 0 Å². The van der Waals surface area contributed by atoms with Crippen molar-refractivity contribution in [1.82, 2.24) is 0 Å². The second-order valence-electron chi connectivity index (χ2n) is 8.97. The summed E-state index contributed by atoms with van der Waals surface area (Å²) in [6.45, 7) is 11.7. The first-order chi connectivity index (χ1) is 15.7. The summed E-state index contributed by atoms with van der Waals surface area (Å²) in [4.78, 5) is 0. The highest BCUT2D eigenvalue weighted by Crippen LogP contribution is 2.28. The largest absolute Gasteiger partial charge is 0.379 e. The molecule has 6 nitrogen and oxygen atoms in total. The molecule has 0 saturated carbocycles. The molecule has 32 heavy (non-hydrogen) atoms. The van der Waals surface area contributed by atoms with Crippen LogP contribution < -0.4 is 0 Å². The highest BCUT2D eigenvalue weighted by molar-refractivity contribution is 4.92. The van der Waals surface area contributed by atoms with E-state index in [9.17, 15) is 5.11 Å². The molecular weight excluding hydrogens is 408 g/mol. The minimum absolute atomic E-state index is 0.306. The second kappa shape index (κ2) is 20.2. The first-order valence-electron chi connectivity index (χ1n) is 13.5. The number of hydrogen-bond donors (Lipinski definition) is 1. The predicted octanol–water partition coefficient (Wildman–Crippen LogP) is 5.64. The smallest absolute Gasteiger partial charge is 0.184 e. The third-order valence-corrected chi connectivity index (χ3v) is 5.96. The normalized spacial score (nSPS) is 26.0. The molecule has 5 unspecified atom stereocenters. The van der Waals surface area contributed by atoms with Crippen LogP contribution in [0.3, 0.4) is 0 Å². The molecule has 0 radical (unpaired) electrons. The SMILES string of the molecule is CCCCCOCC1OC(O)C(OCCCCC)C(OCCCCC)C1OCCCCC. The summed E-state index contributed by atoms with van der Waals surface area (Å²) in [5.41, 5.74) is 0. The van der Waals surface area contributed by atoms with E-state index in [0.717, 1.165) is 77.0 Å². The molecule has 0 spiro atoms. The van der Waals surface area contributed by atoms with E-state index in [4.69, 9.17) is 23.7 Å². The molecule has 0 amide bonds. The van der Waals surface area contributed by atoms with Gasteiger partial charge in [0.25, 0.3) is 0 Å². The quantitative estimate of drug-likeness (QED) is 0.224. The van der Waals surface area contributed by atoms with Gasteiger partial charge in [0.05, 0.1) is 6.61 Å². The molecule has 0 bridgehead atoms. The van der Waals surface area contributed by atoms with Crippen molar-refractivity contribution in [2.24, 2.45) is 0 Å². The van der Waals surface area contributed by atoms with Gasteiger partial charge in [0, 0.05) is 26.4 Å². The monoisotopic (exact) mass is 460 g/mol. The van der Waals surface area contributed by atoms with E-state index in [1.165, 1.54) is 0 Å². The van der Waals surface area contributed by atoms with Gasteiger partial charge < -0.3 is 28.8 Å². The fraction of sp³-hybridized carbons (Fsp3) is 1.00. The van der Waals surface area contributed by atoms with Gasteiger partial charge >= 0.3 is 0 Å². The number of unbranched alkanes of at least 4 members (excludes halogenated alkanes) is 8. The zero-order valence-electron chi connectivity index (χ0n) is 21.4. The molecule has 1 saturated heterocycles. The summed E-state index contributed by atoms with van der Waals surface area (Å²) in [7, 11) is 0. The Kier molecular flexibility index (Phi) is 18.8. The van der Waals surface area contributed by atoms with Crippen LogP contribution in [0.25, 0.3) is 0 Å². The van der Waals surface area contributed by atoms with Gasteiger partial charge in [-0.05, 0) is 25.7 Å². The van der Waals surface area contributed by atoms with Crippen molar-refractivity contribution in [2.45, 2.75) is 135 Å². The van der Waals surface area contributed by atoms with Crippen LogP contribution in [0.2, 0.25) is 0 Å². The van der Waals surface area contributed by atoms with Gasteiger partial charge in [-0.15, -0.1) is 0 Å². The maximum absolute atomic E-state index is 10.8. The lowest BCUT2D eigenvalue weighted by Crippen LogP contribution is -2.61. The van der Waals surface area contributed by atoms with Gasteiger partial charge in [-0.1, -0.05) is 79.1 Å². The summed E-state index contributed by atoms with van der Waals surface area (Å²) >= 11 is 0. The molecule has 6 heteroatoms. The van der Waals surface area contributed by atoms with Crippen LogP contribution >= 0.6 is 0 Å². The molecule has 5 atom stereocenters. The molecule has 1 aliphatic rings. The first-order valence-corrected chi connectivity index (χ1v) is 13.5. The molecule has 1 aliphatic heterocycles. The molecule has 1 heterocycles. The van der Waals surface area contributed by atoms with Gasteiger partial charge in [-0.3, -0.25) is 0 Å². The van der Waals surface area contributed by atoms with E-state index in [-0.39, 0.29) is 18.3 Å². The van der Waals surface area contributed by atoms with Gasteiger partial charge in [0.1, 0.15) is 24.4 Å². The molecule has 1 fully saturated rings. The number of rotatable bonds is 21. The van der Waals surface area contributed by atoms with Crippen LogP contribution in [-0.2, 0) is 23.7 Å². The van der Waals surface area contributed by atoms with E-state index in [1.54, 1.807) is 0 Å². The zero-order valence-corrected chi connectivity index (χ0v) is 21.4. The van der Waals surface area contributed by atoms with Crippen molar-refractivity contribution in [3.63, 3.8) is 0 Å². The second-order valence-corrected chi connectivity index (χ2v) is 8.97. The lowest BCUT2D eigenvalue weighted by molar-refractivity contribution is -0.312. The van der Waals surface area contributed by atoms with Crippen LogP contribution in [0.1, 0.15) is 105 Å². The van der Waals surface area contributed by atoms with Crippen molar-refractivity contribution < 1.29 is 28.8 Å². The Labute approximate surface area is 197 Å². The van der Waals surface area contributed by atoms with Gasteiger partial charge in [0.2, 0.25) is 0 Å². The number of aliphatic hydroxyl groups is 1. The lowest BCUT2D eigenvalue weighted by Gasteiger charge is -2.44. The molecule has 1 rings (SSSR count). The van der Waals surface area contributed by atoms with E-state index in [2.05, 4.69) is 27.7 Å². The van der Waals surface area contributed by atoms with Crippen molar-refractivity contribution in [1.29, 1.82) is 0 Å². The first kappa shape index (κ1) is 29.8. The average molecular weight is 461 g/mol. The Morgan fingerprint density at radius 2 is 1.00 bits per heavy atom. The summed E-state index contributed by atoms with van der Waals surface area (Å²) in [6, 6.07) is 0. The maximum atomic E-state index is 10.8. The van der Waals surface area contributed by atoms with Gasteiger partial charge in [-0.2, -0.15) is 0 Å². The van der Waals surface area contributed by atoms with Gasteiger partial charge in [0.15, 0.2) is 6.29 Å². The minimum atomic E-state index is -1.03. The minimum Gasteiger partial charge on any atom is -0.379 e. The summed E-state index contributed by atoms with van der Waals surface area (Å²) in [6.07, 6.45) is 10.5. The Hall–Kier alpha value is -0.240. The molecule has 192 valence electrons. The summed E-state index contributed by atoms with van der Waals surface area (Å²) in [5, 5.41) is 10.8. The molecule has 0 aromatic rings. The van der Waals surface area contributed by atoms with E-state index in [0.29, 0.717) is 33.0 Å². The maximum Gasteiger partial charge on any atom is 0.184 e. The summed E-state index contributed by atoms with van der Waals surface area (Å²) in [5.74, 6) is 0. The van der Waals surface area contributed by atoms with Crippen LogP contribution in [0, 0.1) is 0 Å². The third kappa shape index (κ3) is 12.3. The molecular formula is C26H52O6. The Morgan fingerprint density at radius 1 is 0.562 bits per heavy atom. The molecule has 0 aliphatic carbocycles. The number of aliphatic hydroxyl groups excluding tert-OH is 1. The Morgan fingerprint density at radius 3 is 1.50 bits per heavy atom. The fourth-order valence-electron chi connectivity index (χ4n) is 3.97. The average Bonchev–Trinajstić information content (AvgIpc) is 2.79. The number of hydrogen-bond acceptors (Lipinski definition) is 6. The Bertz CT molecular complexity index is 408. The summed E-state index contributed by atoms with van der Waals surface area (Å²) < 4.78 is 30.7. The molecule has 0 aromatic carbocycles. The highest BCUT2D eigenvalue weighted by atomic mass is 16.7. The zero-order chi connectivity index (χ0) is 23.4. The fourth-order valence-corrected chi connectivity index (χ4v) is 3.97. The van der Waals surface area contributed by atoms with E-state index >= 15 is 0 Å². The predicted molar refractivity (Wildman–Crippen MR) is 129 cm³/mol. The van der Waals surface area contributed by atoms with Gasteiger partial charge in [-0.25, -0.2) is 0 Å². The standard InChI is InChI=1S/C26H52O6/c1-5-9-13-17-28-21-22-23(29-18-14-10-6-2)24(30-19-15-11-7-3)25(26(27)32-22)31-20-16-12-8-4/h22-27H,5-21H2,1-4H3. The number of ether oxygens (including phenoxy) is 5. The van der Waals surface area contributed by atoms with Crippen LogP contribution in [0.5, 0.6) is 0 Å². The van der Waals surface area contributed by atoms with Crippen LogP contribution in [-0.4, -0.2) is 68.8 Å². The van der Waals surface area contributed by atoms with Crippen molar-refractivity contribution in [3.8, 4) is 0 Å².